The van der Waals surface area contributed by atoms with Gasteiger partial charge in [0.05, 0.1) is 15.8 Å². The van der Waals surface area contributed by atoms with E-state index in [1.807, 2.05) is 25.1 Å². The number of carbonyl (C=O) groups is 2. The van der Waals surface area contributed by atoms with Gasteiger partial charge in [-0.15, -0.1) is 11.8 Å². The molecule has 1 heterocycles. The van der Waals surface area contributed by atoms with Crippen LogP contribution in [0, 0.1) is 17.6 Å². The van der Waals surface area contributed by atoms with Crippen molar-refractivity contribution in [1.82, 2.24) is 4.90 Å². The van der Waals surface area contributed by atoms with Gasteiger partial charge in [-0.25, -0.2) is 8.78 Å². The first-order chi connectivity index (χ1) is 13.4. The topological polar surface area (TPSA) is 37.4 Å². The average Bonchev–Trinajstić information content (AvgIpc) is 2.70. The van der Waals surface area contributed by atoms with Crippen LogP contribution in [0.25, 0.3) is 0 Å². The van der Waals surface area contributed by atoms with Gasteiger partial charge in [-0.2, -0.15) is 0 Å². The molecule has 1 atom stereocenters. The molecule has 1 fully saturated rings. The third-order valence-electron chi connectivity index (χ3n) is 4.86. The number of benzene rings is 2. The summed E-state index contributed by atoms with van der Waals surface area (Å²) < 4.78 is 27.2. The van der Waals surface area contributed by atoms with Gasteiger partial charge in [0.1, 0.15) is 11.6 Å². The Labute approximate surface area is 172 Å². The highest BCUT2D eigenvalue weighted by Crippen LogP contribution is 2.32. The molecule has 0 aliphatic carbocycles. The molecule has 3 rings (SSSR count). The van der Waals surface area contributed by atoms with Gasteiger partial charge in [0.15, 0.2) is 5.78 Å². The molecule has 0 aromatic heterocycles. The summed E-state index contributed by atoms with van der Waals surface area (Å²) in [6.45, 7) is 2.66. The van der Waals surface area contributed by atoms with E-state index >= 15 is 0 Å². The summed E-state index contributed by atoms with van der Waals surface area (Å²) in [5.41, 5.74) is -0.215. The molecule has 7 heteroatoms. The minimum atomic E-state index is -0.713. The normalized spacial score (nSPS) is 16.1. The van der Waals surface area contributed by atoms with Gasteiger partial charge in [-0.05, 0) is 50.1 Å². The number of rotatable bonds is 5. The van der Waals surface area contributed by atoms with Crippen molar-refractivity contribution in [3.05, 3.63) is 64.7 Å². The van der Waals surface area contributed by atoms with Crippen LogP contribution < -0.4 is 0 Å². The van der Waals surface area contributed by atoms with E-state index in [0.29, 0.717) is 31.0 Å². The van der Waals surface area contributed by atoms with Crippen LogP contribution in [-0.2, 0) is 4.79 Å². The van der Waals surface area contributed by atoms with E-state index in [0.717, 1.165) is 23.1 Å². The lowest BCUT2D eigenvalue weighted by molar-refractivity contribution is -0.131. The van der Waals surface area contributed by atoms with Gasteiger partial charge in [-0.3, -0.25) is 9.59 Å². The summed E-state index contributed by atoms with van der Waals surface area (Å²) >= 11 is 7.55. The maximum atomic E-state index is 13.9. The number of nitrogens with zero attached hydrogens (tertiary/aromatic N) is 1. The summed E-state index contributed by atoms with van der Waals surface area (Å²) in [6, 6.07) is 10.3. The van der Waals surface area contributed by atoms with E-state index in [9.17, 15) is 18.4 Å². The van der Waals surface area contributed by atoms with E-state index in [-0.39, 0.29) is 16.7 Å². The van der Waals surface area contributed by atoms with Gasteiger partial charge >= 0.3 is 0 Å². The van der Waals surface area contributed by atoms with Gasteiger partial charge < -0.3 is 4.90 Å². The number of likely N-dealkylation sites (tertiary alicyclic amines) is 1. The van der Waals surface area contributed by atoms with Crippen molar-refractivity contribution in [3.8, 4) is 0 Å². The smallest absolute Gasteiger partial charge is 0.235 e. The zero-order valence-electron chi connectivity index (χ0n) is 15.3. The van der Waals surface area contributed by atoms with Crippen molar-refractivity contribution >= 4 is 35.1 Å². The number of thioether (sulfide) groups is 1. The van der Waals surface area contributed by atoms with Crippen molar-refractivity contribution in [1.29, 1.82) is 0 Å². The summed E-state index contributed by atoms with van der Waals surface area (Å²) in [6.07, 6.45) is 0.869. The molecule has 1 saturated heterocycles. The maximum absolute atomic E-state index is 13.9. The van der Waals surface area contributed by atoms with Crippen LogP contribution in [0.3, 0.4) is 0 Å². The second kappa shape index (κ2) is 9.05. The summed E-state index contributed by atoms with van der Waals surface area (Å²) in [4.78, 5) is 27.8. The lowest BCUT2D eigenvalue weighted by atomic mass is 9.88. The summed E-state index contributed by atoms with van der Waals surface area (Å²) in [5, 5.41) is 0.293. The Kier molecular flexibility index (Phi) is 6.73. The second-order valence-electron chi connectivity index (χ2n) is 6.78. The maximum Gasteiger partial charge on any atom is 0.235 e. The van der Waals surface area contributed by atoms with E-state index in [1.54, 1.807) is 11.0 Å². The van der Waals surface area contributed by atoms with Crippen LogP contribution in [0.15, 0.2) is 47.4 Å². The summed E-state index contributed by atoms with van der Waals surface area (Å²) in [7, 11) is 0. The van der Waals surface area contributed by atoms with Crippen LogP contribution in [0.5, 0.6) is 0 Å². The first-order valence-electron chi connectivity index (χ1n) is 9.06. The van der Waals surface area contributed by atoms with E-state index in [2.05, 4.69) is 0 Å². The Morgan fingerprint density at radius 2 is 1.82 bits per heavy atom. The lowest BCUT2D eigenvalue weighted by Gasteiger charge is -2.33. The van der Waals surface area contributed by atoms with E-state index in [4.69, 9.17) is 11.6 Å². The Morgan fingerprint density at radius 1 is 1.14 bits per heavy atom. The Morgan fingerprint density at radius 3 is 2.50 bits per heavy atom. The number of hydrogen-bond donors (Lipinski definition) is 0. The van der Waals surface area contributed by atoms with Crippen LogP contribution in [0.2, 0.25) is 5.02 Å². The van der Waals surface area contributed by atoms with E-state index in [1.165, 1.54) is 11.8 Å². The fourth-order valence-corrected chi connectivity index (χ4v) is 4.54. The Bertz CT molecular complexity index is 884. The molecule has 0 N–H and O–H groups in total. The predicted molar refractivity (Wildman–Crippen MR) is 107 cm³/mol. The largest absolute Gasteiger partial charge is 0.342 e. The Balaban J connectivity index is 1.58. The van der Waals surface area contributed by atoms with Crippen LogP contribution in [-0.4, -0.2) is 34.9 Å². The molecule has 1 amide bonds. The second-order valence-corrected chi connectivity index (χ2v) is 8.57. The quantitative estimate of drug-likeness (QED) is 0.488. The molecule has 3 nitrogen and oxygen atoms in total. The van der Waals surface area contributed by atoms with E-state index < -0.39 is 23.3 Å². The minimum Gasteiger partial charge on any atom is -0.342 e. The molecule has 2 aromatic carbocycles. The predicted octanol–water partition coefficient (Wildman–Crippen LogP) is 5.22. The van der Waals surface area contributed by atoms with Crippen LogP contribution >= 0.6 is 23.4 Å². The van der Waals surface area contributed by atoms with Crippen molar-refractivity contribution in [2.45, 2.75) is 29.9 Å². The fraction of sp³-hybridized carbons (Fsp3) is 0.333. The van der Waals surface area contributed by atoms with Gasteiger partial charge in [0.25, 0.3) is 0 Å². The highest BCUT2D eigenvalue weighted by Gasteiger charge is 2.31. The van der Waals surface area contributed by atoms with Gasteiger partial charge in [0, 0.05) is 23.9 Å². The molecule has 0 saturated carbocycles. The third kappa shape index (κ3) is 4.73. The number of amides is 1. The molecule has 1 aliphatic rings. The fourth-order valence-electron chi connectivity index (χ4n) is 3.31. The number of Topliss-reactive ketones (excluding diaryl/α,β-unsaturated/α-hetero) is 1. The Hall–Kier alpha value is -1.92. The first-order valence-corrected chi connectivity index (χ1v) is 10.3. The van der Waals surface area contributed by atoms with Crippen molar-refractivity contribution in [3.63, 3.8) is 0 Å². The van der Waals surface area contributed by atoms with Crippen molar-refractivity contribution in [2.75, 3.05) is 13.1 Å². The molecule has 28 heavy (non-hydrogen) atoms. The number of piperidine rings is 1. The molecular weight excluding hydrogens is 404 g/mol. The van der Waals surface area contributed by atoms with Crippen molar-refractivity contribution in [2.24, 2.45) is 5.92 Å². The monoisotopic (exact) mass is 423 g/mol. The van der Waals surface area contributed by atoms with Crippen LogP contribution in [0.4, 0.5) is 8.78 Å². The first kappa shape index (κ1) is 20.8. The number of hydrogen-bond acceptors (Lipinski definition) is 3. The molecule has 148 valence electrons. The van der Waals surface area contributed by atoms with Gasteiger partial charge in [-0.1, -0.05) is 23.7 Å². The number of carbonyl (C=O) groups excluding carboxylic acids is 2. The number of halogens is 3. The van der Waals surface area contributed by atoms with Crippen LogP contribution in [0.1, 0.15) is 30.1 Å². The zero-order chi connectivity index (χ0) is 20.3. The molecular formula is C21H20ClF2NO2S. The standard InChI is InChI=1S/C21H20ClF2NO2S/c1-13(28-19-5-3-2-4-17(19)22)21(27)25-10-8-14(9-11-25)20(26)16-12-15(23)6-7-18(16)24/h2-7,12-14H,8-11H2,1H3. The highest BCUT2D eigenvalue weighted by atomic mass is 35.5. The molecule has 1 aliphatic heterocycles. The minimum absolute atomic E-state index is 0.0206. The third-order valence-corrected chi connectivity index (χ3v) is 6.47. The average molecular weight is 424 g/mol. The number of ketones is 1. The molecule has 0 bridgehead atoms. The molecule has 0 spiro atoms. The molecule has 2 aromatic rings. The molecule has 0 radical (unpaired) electrons. The van der Waals surface area contributed by atoms with Crippen molar-refractivity contribution < 1.29 is 18.4 Å². The lowest BCUT2D eigenvalue weighted by Crippen LogP contribution is -2.43. The van der Waals surface area contributed by atoms with Gasteiger partial charge in [0.2, 0.25) is 5.91 Å². The SMILES string of the molecule is CC(Sc1ccccc1Cl)C(=O)N1CCC(C(=O)c2cc(F)ccc2F)CC1. The zero-order valence-corrected chi connectivity index (χ0v) is 16.9. The highest BCUT2D eigenvalue weighted by molar-refractivity contribution is 8.00. The summed E-state index contributed by atoms with van der Waals surface area (Å²) in [5.74, 6) is -2.18. The molecule has 1 unspecified atom stereocenters.